The summed E-state index contributed by atoms with van der Waals surface area (Å²) in [4.78, 5) is 5.09. The molecule has 2 aromatic carbocycles. The number of alkyl halides is 3. The Kier molecular flexibility index (Phi) is 6.88. The minimum atomic E-state index is -4.38. The molecule has 1 N–H and O–H groups in total. The number of aromatic nitrogens is 1. The van der Waals surface area contributed by atoms with E-state index >= 15 is 4.39 Å². The van der Waals surface area contributed by atoms with Gasteiger partial charge in [0.25, 0.3) is 10.0 Å². The number of benzene rings is 2. The molecular formula is C24H22F5N3O3S2. The quantitative estimate of drug-likeness (QED) is 0.385. The Labute approximate surface area is 214 Å². The monoisotopic (exact) mass is 559 g/mol. The lowest BCUT2D eigenvalue weighted by Gasteiger charge is -2.46. The van der Waals surface area contributed by atoms with Gasteiger partial charge >= 0.3 is 6.18 Å². The van der Waals surface area contributed by atoms with Crippen LogP contribution in [0.25, 0.3) is 0 Å². The Balaban J connectivity index is 1.50. The molecular weight excluding hydrogens is 537 g/mol. The molecule has 0 aliphatic carbocycles. The maximum atomic E-state index is 15.2. The molecule has 1 aromatic heterocycles. The number of hydrogen-bond acceptors (Lipinski definition) is 6. The van der Waals surface area contributed by atoms with Gasteiger partial charge in [0.2, 0.25) is 0 Å². The first-order chi connectivity index (χ1) is 17.5. The molecule has 198 valence electrons. The van der Waals surface area contributed by atoms with Crippen molar-refractivity contribution in [2.75, 3.05) is 17.9 Å². The number of halogens is 5. The summed E-state index contributed by atoms with van der Waals surface area (Å²) in [6.07, 6.45) is -2.98. The molecule has 3 aromatic rings. The second-order valence-corrected chi connectivity index (χ2v) is 11.5. The minimum Gasteiger partial charge on any atom is -0.493 e. The van der Waals surface area contributed by atoms with E-state index in [0.717, 1.165) is 23.5 Å². The summed E-state index contributed by atoms with van der Waals surface area (Å²) in [6, 6.07) is 6.29. The van der Waals surface area contributed by atoms with Crippen LogP contribution in [-0.2, 0) is 10.0 Å². The molecule has 3 heterocycles. The van der Waals surface area contributed by atoms with Gasteiger partial charge in [0.05, 0.1) is 12.5 Å². The number of rotatable bonds is 5. The zero-order valence-electron chi connectivity index (χ0n) is 19.2. The second-order valence-electron chi connectivity index (χ2n) is 8.98. The van der Waals surface area contributed by atoms with Crippen LogP contribution in [-0.4, -0.2) is 37.6 Å². The third-order valence-electron chi connectivity index (χ3n) is 6.78. The standard InChI is InChI=1S/C24H22F5N3O3S2/c25-16-3-1-14(2-4-16)20-11-15(24(27,28)29)5-8-32(20)19-6-9-35-21-13-22(18(26)12-17(19)21)37(33,34)31-23-30-7-10-36-23/h1-4,7,10,12-13,15,19-20H,5-6,8-9,11H2,(H,30,31)/t15?,19-,20-/m0/s1. The summed E-state index contributed by atoms with van der Waals surface area (Å²) in [5, 5.41) is 1.64. The average molecular weight is 560 g/mol. The van der Waals surface area contributed by atoms with E-state index in [9.17, 15) is 26.0 Å². The maximum Gasteiger partial charge on any atom is 0.391 e. The number of ether oxygens (including phenoxy) is 1. The highest BCUT2D eigenvalue weighted by Gasteiger charge is 2.46. The first kappa shape index (κ1) is 25.9. The van der Waals surface area contributed by atoms with Crippen LogP contribution in [0.2, 0.25) is 0 Å². The highest BCUT2D eigenvalue weighted by molar-refractivity contribution is 7.93. The summed E-state index contributed by atoms with van der Waals surface area (Å²) < 4.78 is 103. The average Bonchev–Trinajstić information content (AvgIpc) is 3.35. The number of thiazole rings is 1. The summed E-state index contributed by atoms with van der Waals surface area (Å²) in [6.45, 7) is 0.238. The van der Waals surface area contributed by atoms with Gasteiger partial charge in [0.1, 0.15) is 22.3 Å². The van der Waals surface area contributed by atoms with Crippen LogP contribution < -0.4 is 9.46 Å². The Morgan fingerprint density at radius 2 is 1.84 bits per heavy atom. The van der Waals surface area contributed by atoms with Gasteiger partial charge in [-0.3, -0.25) is 9.62 Å². The van der Waals surface area contributed by atoms with Crippen molar-refractivity contribution in [2.45, 2.75) is 42.4 Å². The zero-order chi connectivity index (χ0) is 26.4. The molecule has 2 aliphatic heterocycles. The van der Waals surface area contributed by atoms with Crippen molar-refractivity contribution in [1.29, 1.82) is 0 Å². The molecule has 6 nitrogen and oxygen atoms in total. The smallest absolute Gasteiger partial charge is 0.391 e. The number of fused-ring (bicyclic) bond motifs is 1. The van der Waals surface area contributed by atoms with Gasteiger partial charge < -0.3 is 4.74 Å². The fourth-order valence-electron chi connectivity index (χ4n) is 5.03. The molecule has 1 fully saturated rings. The number of anilines is 1. The summed E-state index contributed by atoms with van der Waals surface area (Å²) in [5.74, 6) is -2.90. The predicted octanol–water partition coefficient (Wildman–Crippen LogP) is 6.06. The van der Waals surface area contributed by atoms with Crippen molar-refractivity contribution in [3.63, 3.8) is 0 Å². The summed E-state index contributed by atoms with van der Waals surface area (Å²) in [5.41, 5.74) is 0.880. The van der Waals surface area contributed by atoms with Gasteiger partial charge in [-0.15, -0.1) is 11.3 Å². The second kappa shape index (κ2) is 9.84. The molecule has 1 saturated heterocycles. The molecule has 13 heteroatoms. The van der Waals surface area contributed by atoms with E-state index in [1.54, 1.807) is 5.38 Å². The van der Waals surface area contributed by atoms with E-state index < -0.39 is 50.7 Å². The summed E-state index contributed by atoms with van der Waals surface area (Å²) in [7, 11) is -4.30. The first-order valence-electron chi connectivity index (χ1n) is 11.5. The SMILES string of the molecule is O=S(=O)(Nc1nccs1)c1cc2c(cc1F)[C@@H](N1CCC(C(F)(F)F)C[C@H]1c1ccc(F)cc1)CCO2. The first-order valence-corrected chi connectivity index (χ1v) is 13.9. The fourth-order valence-corrected chi connectivity index (χ4v) is 6.90. The third-order valence-corrected chi connectivity index (χ3v) is 8.95. The molecule has 0 bridgehead atoms. The number of piperidine rings is 1. The van der Waals surface area contributed by atoms with Gasteiger partial charge in [-0.1, -0.05) is 12.1 Å². The van der Waals surface area contributed by atoms with Gasteiger partial charge in [-0.25, -0.2) is 22.2 Å². The zero-order valence-corrected chi connectivity index (χ0v) is 20.8. The normalized spacial score (nSPS) is 22.8. The van der Waals surface area contributed by atoms with Crippen molar-refractivity contribution in [1.82, 2.24) is 9.88 Å². The van der Waals surface area contributed by atoms with E-state index in [0.29, 0.717) is 17.5 Å². The highest BCUT2D eigenvalue weighted by atomic mass is 32.2. The molecule has 37 heavy (non-hydrogen) atoms. The molecule has 0 saturated carbocycles. The van der Waals surface area contributed by atoms with Crippen LogP contribution in [0.15, 0.2) is 52.9 Å². The van der Waals surface area contributed by atoms with Crippen LogP contribution in [0.1, 0.15) is 42.5 Å². The van der Waals surface area contributed by atoms with E-state index in [1.165, 1.54) is 30.5 Å². The molecule has 3 atom stereocenters. The van der Waals surface area contributed by atoms with Crippen molar-refractivity contribution >= 4 is 26.5 Å². The van der Waals surface area contributed by atoms with Gasteiger partial charge in [0.15, 0.2) is 5.13 Å². The topological polar surface area (TPSA) is 71.5 Å². The lowest BCUT2D eigenvalue weighted by molar-refractivity contribution is -0.192. The Morgan fingerprint density at radius 3 is 2.51 bits per heavy atom. The number of hydrogen-bond donors (Lipinski definition) is 1. The maximum absolute atomic E-state index is 15.2. The van der Waals surface area contributed by atoms with Crippen molar-refractivity contribution in [2.24, 2.45) is 5.92 Å². The lowest BCUT2D eigenvalue weighted by atomic mass is 9.84. The van der Waals surface area contributed by atoms with E-state index in [2.05, 4.69) is 9.71 Å². The number of nitrogens with one attached hydrogen (secondary N) is 1. The number of likely N-dealkylation sites (tertiary alicyclic amines) is 1. The Morgan fingerprint density at radius 1 is 1.08 bits per heavy atom. The van der Waals surface area contributed by atoms with E-state index in [1.807, 2.05) is 4.90 Å². The van der Waals surface area contributed by atoms with E-state index in [4.69, 9.17) is 4.74 Å². The number of nitrogens with zero attached hydrogens (tertiary/aromatic N) is 2. The van der Waals surface area contributed by atoms with Crippen molar-refractivity contribution < 1.29 is 35.1 Å². The molecule has 2 aliphatic rings. The van der Waals surface area contributed by atoms with Crippen LogP contribution in [0.5, 0.6) is 5.75 Å². The van der Waals surface area contributed by atoms with Crippen molar-refractivity contribution in [3.8, 4) is 5.75 Å². The van der Waals surface area contributed by atoms with Crippen LogP contribution in [0.4, 0.5) is 27.1 Å². The predicted molar refractivity (Wildman–Crippen MR) is 127 cm³/mol. The lowest BCUT2D eigenvalue weighted by Crippen LogP contribution is -2.44. The van der Waals surface area contributed by atoms with Gasteiger partial charge in [-0.2, -0.15) is 13.2 Å². The molecule has 5 rings (SSSR count). The summed E-state index contributed by atoms with van der Waals surface area (Å²) >= 11 is 1.03. The molecule has 1 unspecified atom stereocenters. The fraction of sp³-hybridized carbons (Fsp3) is 0.375. The largest absolute Gasteiger partial charge is 0.493 e. The molecule has 0 amide bonds. The van der Waals surface area contributed by atoms with Crippen molar-refractivity contribution in [3.05, 3.63) is 70.7 Å². The van der Waals surface area contributed by atoms with Gasteiger partial charge in [-0.05, 0) is 43.1 Å². The molecule has 0 spiro atoms. The van der Waals surface area contributed by atoms with E-state index in [-0.39, 0.29) is 36.9 Å². The van der Waals surface area contributed by atoms with Crippen LogP contribution in [0, 0.1) is 17.6 Å². The van der Waals surface area contributed by atoms with Gasteiger partial charge in [0, 0.05) is 41.7 Å². The highest BCUT2D eigenvalue weighted by Crippen LogP contribution is 2.48. The minimum absolute atomic E-state index is 0.0730. The third kappa shape index (κ3) is 5.30. The Hall–Kier alpha value is -2.77. The van der Waals surface area contributed by atoms with Crippen LogP contribution >= 0.6 is 11.3 Å². The molecule has 0 radical (unpaired) electrons. The Bertz CT molecular complexity index is 1370. The van der Waals surface area contributed by atoms with Crippen LogP contribution in [0.3, 0.4) is 0 Å². The number of sulfonamides is 1.